The largest absolute Gasteiger partial charge is 0.493 e. The van der Waals surface area contributed by atoms with Crippen LogP contribution < -0.4 is 4.74 Å². The number of ether oxygens (including phenoxy) is 1. The van der Waals surface area contributed by atoms with Crippen molar-refractivity contribution in [2.75, 3.05) is 6.61 Å². The second kappa shape index (κ2) is 30.3. The molecule has 3 nitrogen and oxygen atoms in total. The number of fused-ring (bicyclic) bond motifs is 9. The Morgan fingerprint density at radius 1 is 0.350 bits per heavy atom. The normalized spacial score (nSPS) is 12.9. The van der Waals surface area contributed by atoms with E-state index in [-0.39, 0.29) is 16.2 Å². The van der Waals surface area contributed by atoms with E-state index in [4.69, 9.17) is 4.74 Å². The molecule has 12 aromatic rings. The van der Waals surface area contributed by atoms with Crippen LogP contribution in [0.2, 0.25) is 0 Å². The van der Waals surface area contributed by atoms with Gasteiger partial charge in [-0.3, -0.25) is 0 Å². The Kier molecular flexibility index (Phi) is 21.1. The van der Waals surface area contributed by atoms with Crippen molar-refractivity contribution in [1.82, 2.24) is 9.13 Å². The number of benzene rings is 10. The molecule has 13 rings (SSSR count). The minimum atomic E-state index is -0.143. The molecular weight excluding hydrogens is 1210 g/mol. The molecule has 0 saturated heterocycles. The van der Waals surface area contributed by atoms with Crippen LogP contribution in [0.4, 0.5) is 0 Å². The quantitative estimate of drug-likeness (QED) is 0.0428. The summed E-state index contributed by atoms with van der Waals surface area (Å²) in [5.41, 5.74) is 29.3. The lowest BCUT2D eigenvalue weighted by Crippen LogP contribution is -2.25. The van der Waals surface area contributed by atoms with Crippen molar-refractivity contribution in [3.05, 3.63) is 240 Å². The topological polar surface area (TPSA) is 19.1 Å². The maximum Gasteiger partial charge on any atom is 0.125 e. The van der Waals surface area contributed by atoms with Crippen molar-refractivity contribution in [3.8, 4) is 72.8 Å². The van der Waals surface area contributed by atoms with E-state index in [1.807, 2.05) is 6.08 Å². The van der Waals surface area contributed by atoms with Crippen molar-refractivity contribution >= 4 is 49.7 Å². The molecule has 2 heterocycles. The summed E-state index contributed by atoms with van der Waals surface area (Å²) >= 11 is 0. The van der Waals surface area contributed by atoms with Crippen LogP contribution in [-0.2, 0) is 16.2 Å². The summed E-state index contributed by atoms with van der Waals surface area (Å²) in [6.45, 7) is 30.1. The lowest BCUT2D eigenvalue weighted by Gasteiger charge is -2.33. The highest BCUT2D eigenvalue weighted by atomic mass is 16.5. The van der Waals surface area contributed by atoms with Gasteiger partial charge in [0.1, 0.15) is 5.75 Å². The third-order valence-corrected chi connectivity index (χ3v) is 22.5. The Hall–Kier alpha value is -8.66. The molecule has 0 atom stereocenters. The smallest absolute Gasteiger partial charge is 0.125 e. The number of aryl methyl sites for hydroxylation is 2. The molecule has 0 saturated carbocycles. The zero-order valence-electron chi connectivity index (χ0n) is 62.4. The molecule has 0 aliphatic heterocycles. The molecule has 0 radical (unpaired) electrons. The first-order valence-electron chi connectivity index (χ1n) is 38.7. The van der Waals surface area contributed by atoms with Crippen LogP contribution in [-0.4, -0.2) is 15.7 Å². The van der Waals surface area contributed by atoms with Gasteiger partial charge in [-0.25, -0.2) is 0 Å². The minimum absolute atomic E-state index is 0.0855. The zero-order chi connectivity index (χ0) is 69.7. The highest BCUT2D eigenvalue weighted by Gasteiger charge is 2.43. The summed E-state index contributed by atoms with van der Waals surface area (Å²) < 4.78 is 11.7. The summed E-state index contributed by atoms with van der Waals surface area (Å²) in [6, 6.07) is 76.3. The predicted molar refractivity (Wildman–Crippen MR) is 435 cm³/mol. The molecule has 100 heavy (non-hydrogen) atoms. The Bertz CT molecular complexity index is 4820. The van der Waals surface area contributed by atoms with Crippen LogP contribution in [0.5, 0.6) is 5.75 Å². The van der Waals surface area contributed by atoms with Gasteiger partial charge in [-0.15, -0.1) is 0 Å². The number of aromatic nitrogens is 2. The SMILES string of the molecule is C=Cc1ccc(-n2c3ccc(-c4ccc(C(C)(C)C)cc4)cc3c3cc(-c4ccc5c(c4)C(CCCCCCCC)(CCCCCCCC)c4cc(-c6ccc7c8cc(-c9ccc(C(C)(C)C)cc9)ccc8n(-c8cc(C)c(OCCCCCCCC)c(C)c8)c7c6)ccc4-5)ccc32)cc1. The molecular formula is C97H110N2O. The fourth-order valence-corrected chi connectivity index (χ4v) is 16.7. The van der Waals surface area contributed by atoms with Gasteiger partial charge >= 0.3 is 0 Å². The maximum absolute atomic E-state index is 6.65. The zero-order valence-corrected chi connectivity index (χ0v) is 62.4. The van der Waals surface area contributed by atoms with Gasteiger partial charge in [0.2, 0.25) is 0 Å². The summed E-state index contributed by atoms with van der Waals surface area (Å²) in [7, 11) is 0. The third kappa shape index (κ3) is 14.4. The van der Waals surface area contributed by atoms with E-state index in [1.165, 1.54) is 247 Å². The third-order valence-electron chi connectivity index (χ3n) is 22.5. The van der Waals surface area contributed by atoms with Gasteiger partial charge in [-0.1, -0.05) is 299 Å². The Balaban J connectivity index is 0.937. The molecule has 0 bridgehead atoms. The van der Waals surface area contributed by atoms with Gasteiger partial charge in [0, 0.05) is 38.3 Å². The van der Waals surface area contributed by atoms with Gasteiger partial charge in [0.15, 0.2) is 0 Å². The first kappa shape index (κ1) is 69.8. The highest BCUT2D eigenvalue weighted by molar-refractivity contribution is 6.13. The first-order chi connectivity index (χ1) is 48.5. The predicted octanol–water partition coefficient (Wildman–Crippen LogP) is 28.9. The van der Waals surface area contributed by atoms with Crippen LogP contribution in [0.1, 0.15) is 230 Å². The van der Waals surface area contributed by atoms with E-state index >= 15 is 0 Å². The molecule has 2 aromatic heterocycles. The van der Waals surface area contributed by atoms with E-state index < -0.39 is 0 Å². The number of rotatable bonds is 29. The molecule has 0 spiro atoms. The second-order valence-electron chi connectivity index (χ2n) is 31.7. The molecule has 0 unspecified atom stereocenters. The maximum atomic E-state index is 6.65. The molecule has 0 N–H and O–H groups in total. The van der Waals surface area contributed by atoms with Crippen LogP contribution in [0.15, 0.2) is 201 Å². The van der Waals surface area contributed by atoms with Crippen LogP contribution in [0.25, 0.3) is 117 Å². The van der Waals surface area contributed by atoms with Crippen molar-refractivity contribution in [1.29, 1.82) is 0 Å². The fraction of sp³-hybridized carbons (Fsp3) is 0.361. The lowest BCUT2D eigenvalue weighted by molar-refractivity contribution is 0.300. The Morgan fingerprint density at radius 2 is 0.720 bits per heavy atom. The fourth-order valence-electron chi connectivity index (χ4n) is 16.7. The Labute approximate surface area is 599 Å². The van der Waals surface area contributed by atoms with E-state index in [9.17, 15) is 0 Å². The van der Waals surface area contributed by atoms with E-state index in [1.54, 1.807) is 0 Å². The van der Waals surface area contributed by atoms with Crippen LogP contribution in [0, 0.1) is 13.8 Å². The second-order valence-corrected chi connectivity index (χ2v) is 31.7. The number of hydrogen-bond donors (Lipinski definition) is 0. The van der Waals surface area contributed by atoms with Gasteiger partial charge in [0.25, 0.3) is 0 Å². The van der Waals surface area contributed by atoms with Gasteiger partial charge < -0.3 is 13.9 Å². The summed E-state index contributed by atoms with van der Waals surface area (Å²) in [5, 5.41) is 5.07. The van der Waals surface area contributed by atoms with Crippen molar-refractivity contribution in [3.63, 3.8) is 0 Å². The van der Waals surface area contributed by atoms with E-state index in [0.29, 0.717) is 0 Å². The van der Waals surface area contributed by atoms with Crippen LogP contribution >= 0.6 is 0 Å². The van der Waals surface area contributed by atoms with Crippen LogP contribution in [0.3, 0.4) is 0 Å². The van der Waals surface area contributed by atoms with Crippen molar-refractivity contribution in [2.24, 2.45) is 0 Å². The molecule has 3 heteroatoms. The summed E-state index contributed by atoms with van der Waals surface area (Å²) in [6.07, 6.45) is 27.0. The van der Waals surface area contributed by atoms with Crippen molar-refractivity contribution < 1.29 is 4.74 Å². The van der Waals surface area contributed by atoms with Crippen molar-refractivity contribution in [2.45, 2.75) is 221 Å². The molecule has 0 amide bonds. The standard InChI is InChI=1S/C97H110N2O/c1-13-17-20-23-26-29-56-97(57-30-27-24-21-18-14-2)88-64-75(74-43-55-92-87(63-74)86-62-73(71-36-46-79(47-37-71)96(10,11)12)42-54-91(86)98(92)80-48-32-69(16-4)33-49-80)38-50-82(88)83-51-39-76(65-89(83)97)77-40-52-84-85-61-72(70-34-44-78(45-35-70)95(7,8)9)41-53-90(85)99(93(84)66-77)81-59-67(5)94(68(6)60-81)100-58-31-28-25-22-19-15-3/h16,32-55,59-66H,4,13-15,17-31,56-58H2,1-3,5-12H3. The summed E-state index contributed by atoms with van der Waals surface area (Å²) in [5.74, 6) is 1.03. The van der Waals surface area contributed by atoms with Gasteiger partial charge in [0.05, 0.1) is 28.7 Å². The number of nitrogens with zero attached hydrogens (tertiary/aromatic N) is 2. The van der Waals surface area contributed by atoms with Gasteiger partial charge in [-0.05, 0) is 217 Å². The molecule has 1 aliphatic rings. The minimum Gasteiger partial charge on any atom is -0.493 e. The molecule has 514 valence electrons. The highest BCUT2D eigenvalue weighted by Crippen LogP contribution is 2.56. The monoisotopic (exact) mass is 1320 g/mol. The molecule has 10 aromatic carbocycles. The number of hydrogen-bond acceptors (Lipinski definition) is 1. The average Bonchev–Trinajstić information content (AvgIpc) is 1.57. The Morgan fingerprint density at radius 3 is 1.17 bits per heavy atom. The molecule has 1 aliphatic carbocycles. The average molecular weight is 1320 g/mol. The first-order valence-corrected chi connectivity index (χ1v) is 38.7. The van der Waals surface area contributed by atoms with E-state index in [2.05, 4.69) is 286 Å². The van der Waals surface area contributed by atoms with E-state index in [0.717, 1.165) is 42.9 Å². The van der Waals surface area contributed by atoms with Gasteiger partial charge in [-0.2, -0.15) is 0 Å². The lowest BCUT2D eigenvalue weighted by atomic mass is 9.70. The number of unbranched alkanes of at least 4 members (excludes halogenated alkanes) is 15. The summed E-state index contributed by atoms with van der Waals surface area (Å²) in [4.78, 5) is 0. The molecule has 0 fully saturated rings.